The molecule has 1 aliphatic heterocycles. The molecule has 1 aliphatic rings. The first-order valence-electron chi connectivity index (χ1n) is 9.35. The van der Waals surface area contributed by atoms with Crippen LogP contribution >= 0.6 is 11.3 Å². The molecule has 0 fully saturated rings. The number of unbranched alkanes of at least 4 members (excludes halogenated alkanes) is 3. The zero-order valence-electron chi connectivity index (χ0n) is 16.1. The van der Waals surface area contributed by atoms with Gasteiger partial charge in [-0.05, 0) is 31.0 Å². The topological polar surface area (TPSA) is 59.9 Å². The summed E-state index contributed by atoms with van der Waals surface area (Å²) in [7, 11) is 3.26. The second-order valence-corrected chi connectivity index (χ2v) is 7.72. The fourth-order valence-electron chi connectivity index (χ4n) is 3.15. The van der Waals surface area contributed by atoms with Crippen molar-refractivity contribution in [3.05, 3.63) is 40.3 Å². The molecule has 0 saturated heterocycles. The van der Waals surface area contributed by atoms with Crippen molar-refractivity contribution in [1.82, 2.24) is 0 Å². The number of nitrogens with zero attached hydrogens (tertiary/aromatic N) is 1. The van der Waals surface area contributed by atoms with Crippen LogP contribution in [0.2, 0.25) is 0 Å². The van der Waals surface area contributed by atoms with E-state index in [1.54, 1.807) is 25.6 Å². The lowest BCUT2D eigenvalue weighted by molar-refractivity contribution is -0.114. The van der Waals surface area contributed by atoms with Gasteiger partial charge in [0.2, 0.25) is 5.91 Å². The molecule has 2 aromatic rings. The molecule has 27 heavy (non-hydrogen) atoms. The molecule has 6 heteroatoms. The monoisotopic (exact) mass is 386 g/mol. The summed E-state index contributed by atoms with van der Waals surface area (Å²) in [6.45, 7) is 2.33. The van der Waals surface area contributed by atoms with E-state index in [9.17, 15) is 4.79 Å². The molecule has 1 amide bonds. The van der Waals surface area contributed by atoms with Gasteiger partial charge in [-0.15, -0.1) is 11.3 Å². The van der Waals surface area contributed by atoms with Crippen molar-refractivity contribution in [1.29, 1.82) is 0 Å². The van der Waals surface area contributed by atoms with Crippen LogP contribution in [0.5, 0.6) is 11.5 Å². The van der Waals surface area contributed by atoms with Gasteiger partial charge in [-0.3, -0.25) is 9.79 Å². The van der Waals surface area contributed by atoms with Crippen molar-refractivity contribution in [3.8, 4) is 11.5 Å². The Morgan fingerprint density at radius 2 is 1.81 bits per heavy atom. The lowest BCUT2D eigenvalue weighted by Crippen LogP contribution is -2.12. The summed E-state index contributed by atoms with van der Waals surface area (Å²) in [4.78, 5) is 18.0. The number of thiophene rings is 1. The van der Waals surface area contributed by atoms with Crippen molar-refractivity contribution in [3.63, 3.8) is 0 Å². The number of nitrogens with one attached hydrogen (secondary N) is 1. The smallest absolute Gasteiger partial charge is 0.246 e. The number of carbonyl (C=O) groups is 1. The molecule has 0 bridgehead atoms. The first kappa shape index (κ1) is 19.4. The Hall–Kier alpha value is -2.34. The van der Waals surface area contributed by atoms with Gasteiger partial charge in [0.25, 0.3) is 0 Å². The molecule has 0 unspecified atom stereocenters. The zero-order valence-corrected chi connectivity index (χ0v) is 16.9. The molecule has 144 valence electrons. The van der Waals surface area contributed by atoms with Crippen LogP contribution in [-0.4, -0.2) is 32.4 Å². The van der Waals surface area contributed by atoms with Crippen LogP contribution in [0.3, 0.4) is 0 Å². The Morgan fingerprint density at radius 1 is 1.07 bits per heavy atom. The maximum absolute atomic E-state index is 12.1. The minimum absolute atomic E-state index is 0.0829. The Morgan fingerprint density at radius 3 is 2.48 bits per heavy atom. The molecule has 0 saturated carbocycles. The number of fused-ring (bicyclic) bond motifs is 1. The SMILES string of the molecule is CCCCCCc1cc2c(s1)NC(=O)CN=C2c1cc(OC)cc(OC)c1. The second-order valence-electron chi connectivity index (χ2n) is 6.58. The van der Waals surface area contributed by atoms with E-state index in [-0.39, 0.29) is 12.5 Å². The summed E-state index contributed by atoms with van der Waals surface area (Å²) < 4.78 is 10.8. The third-order valence-corrected chi connectivity index (χ3v) is 5.68. The van der Waals surface area contributed by atoms with E-state index in [1.165, 1.54) is 30.6 Å². The van der Waals surface area contributed by atoms with Crippen LogP contribution in [0.25, 0.3) is 0 Å². The van der Waals surface area contributed by atoms with Gasteiger partial charge in [-0.1, -0.05) is 26.2 Å². The highest BCUT2D eigenvalue weighted by molar-refractivity contribution is 7.16. The molecule has 5 nitrogen and oxygen atoms in total. The lowest BCUT2D eigenvalue weighted by Gasteiger charge is -2.10. The first-order chi connectivity index (χ1) is 13.1. The fourth-order valence-corrected chi connectivity index (χ4v) is 4.27. The molecule has 0 radical (unpaired) electrons. The van der Waals surface area contributed by atoms with Gasteiger partial charge in [-0.25, -0.2) is 0 Å². The van der Waals surface area contributed by atoms with E-state index in [1.807, 2.05) is 18.2 Å². The Bertz CT molecular complexity index is 820. The number of carbonyl (C=O) groups excluding carboxylic acids is 1. The van der Waals surface area contributed by atoms with Gasteiger partial charge in [0.1, 0.15) is 23.0 Å². The fraction of sp³-hybridized carbons (Fsp3) is 0.429. The number of aryl methyl sites for hydroxylation is 1. The van der Waals surface area contributed by atoms with Crippen LogP contribution in [0.4, 0.5) is 5.00 Å². The summed E-state index contributed by atoms with van der Waals surface area (Å²) in [6, 6.07) is 7.86. The number of aliphatic imine (C=N–C) groups is 1. The number of hydrogen-bond donors (Lipinski definition) is 1. The van der Waals surface area contributed by atoms with Gasteiger partial charge in [0.15, 0.2) is 0 Å². The predicted molar refractivity (Wildman–Crippen MR) is 111 cm³/mol. The Labute approximate surface area is 164 Å². The summed E-state index contributed by atoms with van der Waals surface area (Å²) in [5, 5.41) is 3.88. The molecule has 1 aromatic heterocycles. The third-order valence-electron chi connectivity index (χ3n) is 4.57. The second kappa shape index (κ2) is 9.04. The Kier molecular flexibility index (Phi) is 6.50. The average molecular weight is 387 g/mol. The highest BCUT2D eigenvalue weighted by Gasteiger charge is 2.22. The van der Waals surface area contributed by atoms with E-state index in [0.29, 0.717) is 11.5 Å². The van der Waals surface area contributed by atoms with E-state index < -0.39 is 0 Å². The normalized spacial score (nSPS) is 13.4. The molecule has 0 atom stereocenters. The number of ether oxygens (including phenoxy) is 2. The summed E-state index contributed by atoms with van der Waals surface area (Å²) >= 11 is 1.65. The molecular weight excluding hydrogens is 360 g/mol. The summed E-state index contributed by atoms with van der Waals surface area (Å²) in [6.07, 6.45) is 5.92. The molecular formula is C21H26N2O3S. The zero-order chi connectivity index (χ0) is 19.2. The summed E-state index contributed by atoms with van der Waals surface area (Å²) in [5.41, 5.74) is 2.67. The molecule has 1 N–H and O–H groups in total. The molecule has 2 heterocycles. The summed E-state index contributed by atoms with van der Waals surface area (Å²) in [5.74, 6) is 1.32. The third kappa shape index (κ3) is 4.69. The lowest BCUT2D eigenvalue weighted by atomic mass is 10.0. The van der Waals surface area contributed by atoms with Gasteiger partial charge in [0.05, 0.1) is 19.9 Å². The average Bonchev–Trinajstić information content (AvgIpc) is 3.00. The molecule has 0 aliphatic carbocycles. The predicted octanol–water partition coefficient (Wildman–Crippen LogP) is 4.68. The maximum atomic E-state index is 12.1. The van der Waals surface area contributed by atoms with E-state index in [2.05, 4.69) is 23.3 Å². The van der Waals surface area contributed by atoms with E-state index in [4.69, 9.17) is 9.47 Å². The molecule has 0 spiro atoms. The van der Waals surface area contributed by atoms with Crippen LogP contribution in [0, 0.1) is 0 Å². The number of hydrogen-bond acceptors (Lipinski definition) is 5. The van der Waals surface area contributed by atoms with Gasteiger partial charge in [0, 0.05) is 22.1 Å². The van der Waals surface area contributed by atoms with Crippen LogP contribution in [-0.2, 0) is 11.2 Å². The minimum atomic E-state index is -0.0829. The number of benzene rings is 1. The highest BCUT2D eigenvalue weighted by Crippen LogP contribution is 2.34. The standard InChI is InChI=1S/C21H26N2O3S/c1-4-5-6-7-8-17-12-18-20(22-13-19(24)23-21(18)27-17)14-9-15(25-2)11-16(10-14)26-3/h9-12H,4-8,13H2,1-3H3,(H,23,24). The van der Waals surface area contributed by atoms with Crippen LogP contribution in [0.1, 0.15) is 48.6 Å². The number of rotatable bonds is 8. The number of methoxy groups -OCH3 is 2. The maximum Gasteiger partial charge on any atom is 0.246 e. The van der Waals surface area contributed by atoms with Crippen molar-refractivity contribution in [2.45, 2.75) is 39.0 Å². The first-order valence-corrected chi connectivity index (χ1v) is 10.2. The van der Waals surface area contributed by atoms with Crippen LogP contribution < -0.4 is 14.8 Å². The van der Waals surface area contributed by atoms with Gasteiger partial charge in [-0.2, -0.15) is 0 Å². The van der Waals surface area contributed by atoms with Crippen LogP contribution in [0.15, 0.2) is 29.3 Å². The van der Waals surface area contributed by atoms with E-state index in [0.717, 1.165) is 28.3 Å². The number of anilines is 1. The van der Waals surface area contributed by atoms with Gasteiger partial charge < -0.3 is 14.8 Å². The van der Waals surface area contributed by atoms with Crippen molar-refractivity contribution < 1.29 is 14.3 Å². The molecule has 3 rings (SSSR count). The minimum Gasteiger partial charge on any atom is -0.497 e. The quantitative estimate of drug-likeness (QED) is 0.670. The van der Waals surface area contributed by atoms with E-state index >= 15 is 0 Å². The van der Waals surface area contributed by atoms with Gasteiger partial charge >= 0.3 is 0 Å². The largest absolute Gasteiger partial charge is 0.497 e. The Balaban J connectivity index is 1.95. The molecule has 1 aromatic carbocycles. The number of amides is 1. The van der Waals surface area contributed by atoms with Crippen molar-refractivity contribution in [2.24, 2.45) is 4.99 Å². The van der Waals surface area contributed by atoms with Crippen molar-refractivity contribution in [2.75, 3.05) is 26.1 Å². The highest BCUT2D eigenvalue weighted by atomic mass is 32.1. The van der Waals surface area contributed by atoms with Crippen molar-refractivity contribution >= 4 is 28.0 Å².